The van der Waals surface area contributed by atoms with Crippen molar-refractivity contribution in [2.45, 2.75) is 12.6 Å². The Hall–Kier alpha value is -3.58. The summed E-state index contributed by atoms with van der Waals surface area (Å²) in [4.78, 5) is 17.9. The van der Waals surface area contributed by atoms with E-state index in [9.17, 15) is 4.79 Å². The molecule has 4 N–H and O–H groups in total. The average molecular weight is 390 g/mol. The molecule has 4 rings (SSSR count). The number of hydrogen-bond donors (Lipinski definition) is 2. The zero-order valence-electron chi connectivity index (χ0n) is 15.8. The molecule has 2 aromatic carbocycles. The molecule has 0 aliphatic carbocycles. The number of carbonyl (C=O) groups excluding carboxylic acids is 1. The number of anilines is 1. The van der Waals surface area contributed by atoms with Crippen molar-refractivity contribution in [1.29, 1.82) is 0 Å². The monoisotopic (exact) mass is 390 g/mol. The lowest BCUT2D eigenvalue weighted by Gasteiger charge is -2.13. The maximum absolute atomic E-state index is 11.9. The van der Waals surface area contributed by atoms with Gasteiger partial charge in [0.25, 0.3) is 0 Å². The summed E-state index contributed by atoms with van der Waals surface area (Å²) in [6.45, 7) is 1.20. The van der Waals surface area contributed by atoms with Gasteiger partial charge in [0.2, 0.25) is 0 Å². The number of rotatable bonds is 6. The van der Waals surface area contributed by atoms with Crippen molar-refractivity contribution in [2.75, 3.05) is 18.0 Å². The minimum Gasteiger partial charge on any atom is -0.467 e. The lowest BCUT2D eigenvalue weighted by molar-refractivity contribution is 0.145. The van der Waals surface area contributed by atoms with Gasteiger partial charge in [0, 0.05) is 17.8 Å². The van der Waals surface area contributed by atoms with Crippen molar-refractivity contribution in [3.63, 3.8) is 0 Å². The lowest BCUT2D eigenvalue weighted by atomic mass is 10.0. The van der Waals surface area contributed by atoms with Gasteiger partial charge >= 0.3 is 6.09 Å². The predicted octanol–water partition coefficient (Wildman–Crippen LogP) is 3.14. The van der Waals surface area contributed by atoms with Crippen molar-refractivity contribution in [3.05, 3.63) is 78.3 Å². The fourth-order valence-corrected chi connectivity index (χ4v) is 3.18. The molecular weight excluding hydrogens is 368 g/mol. The summed E-state index contributed by atoms with van der Waals surface area (Å²) >= 11 is 0. The summed E-state index contributed by atoms with van der Waals surface area (Å²) in [6.07, 6.45) is 1.00. The zero-order valence-corrected chi connectivity index (χ0v) is 15.8. The minimum absolute atomic E-state index is 0.255. The number of aliphatic imine (C=N–C) groups is 1. The van der Waals surface area contributed by atoms with Crippen LogP contribution < -0.4 is 16.4 Å². The van der Waals surface area contributed by atoms with Gasteiger partial charge < -0.3 is 20.6 Å². The Morgan fingerprint density at radius 2 is 1.76 bits per heavy atom. The van der Waals surface area contributed by atoms with E-state index in [0.717, 1.165) is 28.1 Å². The number of amides is 1. The third-order valence-electron chi connectivity index (χ3n) is 4.82. The first kappa shape index (κ1) is 18.8. The maximum atomic E-state index is 11.9. The first-order chi connectivity index (χ1) is 14.1. The quantitative estimate of drug-likeness (QED) is 0.497. The second-order valence-corrected chi connectivity index (χ2v) is 6.76. The number of carbonyl (C=O) groups is 1. The van der Waals surface area contributed by atoms with Gasteiger partial charge in [0.15, 0.2) is 0 Å². The normalized spacial score (nSPS) is 16.9. The Labute approximate surface area is 168 Å². The standard InChI is InChI=1S/C22H22N4O3/c23-12-20-14-26(22(27)29-20)18-9-7-16(8-10-18)15-3-5-17(6-4-15)21(24)25-13-19-2-1-11-28-19/h1-11,20H,12-14,23H2,(H2,24,25). The van der Waals surface area contributed by atoms with Gasteiger partial charge in [-0.05, 0) is 35.4 Å². The minimum atomic E-state index is -0.359. The Morgan fingerprint density at radius 1 is 1.07 bits per heavy atom. The molecule has 7 heteroatoms. The van der Waals surface area contributed by atoms with Crippen LogP contribution >= 0.6 is 0 Å². The Kier molecular flexibility index (Phi) is 5.31. The molecule has 1 amide bonds. The fourth-order valence-electron chi connectivity index (χ4n) is 3.18. The van der Waals surface area contributed by atoms with E-state index in [1.54, 1.807) is 11.2 Å². The molecule has 1 fully saturated rings. The summed E-state index contributed by atoms with van der Waals surface area (Å²) < 4.78 is 10.5. The SMILES string of the molecule is NCC1CN(c2ccc(-c3ccc(C(N)=NCc4ccco4)cc3)cc2)C(=O)O1. The second kappa shape index (κ2) is 8.20. The molecule has 1 aliphatic heterocycles. The third-order valence-corrected chi connectivity index (χ3v) is 4.82. The van der Waals surface area contributed by atoms with E-state index in [0.29, 0.717) is 25.5 Å². The third kappa shape index (κ3) is 4.14. The van der Waals surface area contributed by atoms with Gasteiger partial charge in [0.05, 0.1) is 19.4 Å². The number of benzene rings is 2. The Morgan fingerprint density at radius 3 is 2.34 bits per heavy atom. The highest BCUT2D eigenvalue weighted by Crippen LogP contribution is 2.26. The second-order valence-electron chi connectivity index (χ2n) is 6.76. The fraction of sp³-hybridized carbons (Fsp3) is 0.182. The van der Waals surface area contributed by atoms with Crippen LogP contribution in [0.4, 0.5) is 10.5 Å². The topological polar surface area (TPSA) is 107 Å². The van der Waals surface area contributed by atoms with Crippen LogP contribution in [0.5, 0.6) is 0 Å². The highest BCUT2D eigenvalue weighted by Gasteiger charge is 2.31. The molecule has 148 valence electrons. The Balaban J connectivity index is 1.45. The van der Waals surface area contributed by atoms with Crippen molar-refractivity contribution in [3.8, 4) is 11.1 Å². The number of nitrogens with zero attached hydrogens (tertiary/aromatic N) is 2. The van der Waals surface area contributed by atoms with Crippen molar-refractivity contribution in [1.82, 2.24) is 0 Å². The summed E-state index contributed by atoms with van der Waals surface area (Å²) in [5.41, 5.74) is 15.4. The molecule has 1 unspecified atom stereocenters. The molecule has 29 heavy (non-hydrogen) atoms. The van der Waals surface area contributed by atoms with E-state index in [1.807, 2.05) is 60.7 Å². The number of ether oxygens (including phenoxy) is 1. The van der Waals surface area contributed by atoms with Crippen LogP contribution in [0.1, 0.15) is 11.3 Å². The van der Waals surface area contributed by atoms with Crippen LogP contribution in [0.2, 0.25) is 0 Å². The largest absolute Gasteiger partial charge is 0.467 e. The van der Waals surface area contributed by atoms with E-state index >= 15 is 0 Å². The van der Waals surface area contributed by atoms with Crippen LogP contribution in [-0.4, -0.2) is 31.1 Å². The van der Waals surface area contributed by atoms with Crippen LogP contribution in [0.3, 0.4) is 0 Å². The summed E-state index contributed by atoms with van der Waals surface area (Å²) in [6, 6.07) is 19.3. The van der Waals surface area contributed by atoms with E-state index in [2.05, 4.69) is 4.99 Å². The van der Waals surface area contributed by atoms with Crippen LogP contribution in [-0.2, 0) is 11.3 Å². The first-order valence-electron chi connectivity index (χ1n) is 9.35. The van der Waals surface area contributed by atoms with Crippen LogP contribution in [0, 0.1) is 0 Å². The maximum Gasteiger partial charge on any atom is 0.414 e. The first-order valence-corrected chi connectivity index (χ1v) is 9.35. The number of furan rings is 1. The molecule has 0 bridgehead atoms. The summed E-state index contributed by atoms with van der Waals surface area (Å²) in [7, 11) is 0. The van der Waals surface area contributed by atoms with Gasteiger partial charge in [0.1, 0.15) is 17.7 Å². The molecule has 0 spiro atoms. The molecule has 1 atom stereocenters. The van der Waals surface area contributed by atoms with E-state index in [4.69, 9.17) is 20.6 Å². The smallest absolute Gasteiger partial charge is 0.414 e. The predicted molar refractivity (Wildman–Crippen MR) is 112 cm³/mol. The summed E-state index contributed by atoms with van der Waals surface area (Å²) in [5.74, 6) is 1.23. The lowest BCUT2D eigenvalue weighted by Crippen LogP contribution is -2.27. The molecule has 1 saturated heterocycles. The number of nitrogens with two attached hydrogens (primary N) is 2. The zero-order chi connectivity index (χ0) is 20.2. The molecule has 1 aromatic heterocycles. The summed E-state index contributed by atoms with van der Waals surface area (Å²) in [5, 5.41) is 0. The molecule has 3 aromatic rings. The van der Waals surface area contributed by atoms with Gasteiger partial charge in [-0.2, -0.15) is 0 Å². The van der Waals surface area contributed by atoms with E-state index in [1.165, 1.54) is 0 Å². The van der Waals surface area contributed by atoms with Crippen LogP contribution in [0.25, 0.3) is 11.1 Å². The molecule has 1 aliphatic rings. The van der Waals surface area contributed by atoms with Gasteiger partial charge in [-0.3, -0.25) is 9.89 Å². The number of amidine groups is 1. The number of hydrogen-bond acceptors (Lipinski definition) is 5. The van der Waals surface area contributed by atoms with Crippen molar-refractivity contribution < 1.29 is 13.9 Å². The van der Waals surface area contributed by atoms with Crippen molar-refractivity contribution in [2.24, 2.45) is 16.5 Å². The number of cyclic esters (lactones) is 1. The van der Waals surface area contributed by atoms with Gasteiger partial charge in [-0.1, -0.05) is 36.4 Å². The van der Waals surface area contributed by atoms with Gasteiger partial charge in [-0.25, -0.2) is 4.79 Å². The van der Waals surface area contributed by atoms with E-state index in [-0.39, 0.29) is 12.2 Å². The van der Waals surface area contributed by atoms with Gasteiger partial charge in [-0.15, -0.1) is 0 Å². The van der Waals surface area contributed by atoms with Crippen molar-refractivity contribution >= 4 is 17.6 Å². The highest BCUT2D eigenvalue weighted by molar-refractivity contribution is 5.97. The van der Waals surface area contributed by atoms with Crippen LogP contribution in [0.15, 0.2) is 76.3 Å². The molecular formula is C22H22N4O3. The molecule has 2 heterocycles. The Bertz CT molecular complexity index is 996. The molecule has 7 nitrogen and oxygen atoms in total. The molecule has 0 radical (unpaired) electrons. The highest BCUT2D eigenvalue weighted by atomic mass is 16.6. The average Bonchev–Trinajstić information content (AvgIpc) is 3.42. The van der Waals surface area contributed by atoms with E-state index < -0.39 is 0 Å². The molecule has 0 saturated carbocycles.